The summed E-state index contributed by atoms with van der Waals surface area (Å²) >= 11 is 1.40. The molecule has 0 bridgehead atoms. The average Bonchev–Trinajstić information content (AvgIpc) is 2.58. The van der Waals surface area contributed by atoms with Gasteiger partial charge in [0.2, 0.25) is 11.8 Å². The maximum atomic E-state index is 12.5. The van der Waals surface area contributed by atoms with E-state index in [0.717, 1.165) is 0 Å². The minimum absolute atomic E-state index is 0.0867. The Balaban J connectivity index is 2.49. The number of ether oxygens (including phenoxy) is 3. The molecule has 0 radical (unpaired) electrons. The van der Waals surface area contributed by atoms with E-state index in [1.54, 1.807) is 18.2 Å². The number of thioether (sulfide) groups is 1. The maximum absolute atomic E-state index is 12.5. The summed E-state index contributed by atoms with van der Waals surface area (Å²) in [5.41, 5.74) is 6.68. The van der Waals surface area contributed by atoms with Gasteiger partial charge in [-0.15, -0.1) is 11.8 Å². The number of nitrogens with two attached hydrogens (primary N) is 1. The van der Waals surface area contributed by atoms with Gasteiger partial charge in [0.1, 0.15) is 5.75 Å². The van der Waals surface area contributed by atoms with Gasteiger partial charge >= 0.3 is 6.61 Å². The van der Waals surface area contributed by atoms with E-state index >= 15 is 0 Å². The molecule has 1 aromatic heterocycles. The topological polar surface area (TPSA) is 79.5 Å². The van der Waals surface area contributed by atoms with E-state index in [4.69, 9.17) is 15.2 Å². The highest BCUT2D eigenvalue weighted by molar-refractivity contribution is 7.99. The SMILES string of the molecule is COc1cc(OC)nc(C(SC)c2cccc(OC(F)F)c2N)n1. The largest absolute Gasteiger partial charge is 0.481 e. The molecule has 24 heavy (non-hydrogen) atoms. The molecule has 0 fully saturated rings. The molecule has 6 nitrogen and oxygen atoms in total. The van der Waals surface area contributed by atoms with Crippen LogP contribution in [0.1, 0.15) is 16.6 Å². The molecule has 1 heterocycles. The number of alkyl halides is 2. The van der Waals surface area contributed by atoms with Gasteiger partial charge in [-0.25, -0.2) is 0 Å². The van der Waals surface area contributed by atoms with Crippen molar-refractivity contribution in [2.24, 2.45) is 0 Å². The van der Waals surface area contributed by atoms with E-state index in [1.165, 1.54) is 32.0 Å². The fourth-order valence-electron chi connectivity index (χ4n) is 2.11. The van der Waals surface area contributed by atoms with Crippen LogP contribution in [-0.2, 0) is 0 Å². The first-order valence-corrected chi connectivity index (χ1v) is 8.11. The number of nitrogens with zero attached hydrogens (tertiary/aromatic N) is 2. The van der Waals surface area contributed by atoms with Gasteiger partial charge in [-0.05, 0) is 17.9 Å². The third-order valence-electron chi connectivity index (χ3n) is 3.18. The smallest absolute Gasteiger partial charge is 0.387 e. The fourth-order valence-corrected chi connectivity index (χ4v) is 2.88. The zero-order valence-electron chi connectivity index (χ0n) is 13.3. The summed E-state index contributed by atoms with van der Waals surface area (Å²) in [5, 5.41) is -0.407. The first kappa shape index (κ1) is 18.1. The second-order valence-corrected chi connectivity index (χ2v) is 5.51. The third kappa shape index (κ3) is 3.97. The molecule has 9 heteroatoms. The van der Waals surface area contributed by atoms with Gasteiger partial charge in [-0.3, -0.25) is 0 Å². The number of para-hydroxylation sites is 1. The van der Waals surface area contributed by atoms with Gasteiger partial charge in [0.25, 0.3) is 0 Å². The monoisotopic (exact) mass is 357 g/mol. The summed E-state index contributed by atoms with van der Waals surface area (Å²) in [6, 6.07) is 6.23. The van der Waals surface area contributed by atoms with Crippen LogP contribution >= 0.6 is 11.8 Å². The summed E-state index contributed by atoms with van der Waals surface area (Å²) in [6.45, 7) is -2.96. The highest BCUT2D eigenvalue weighted by atomic mass is 32.2. The van der Waals surface area contributed by atoms with E-state index in [-0.39, 0.29) is 11.4 Å². The third-order valence-corrected chi connectivity index (χ3v) is 4.12. The Hall–Kier alpha value is -2.29. The number of methoxy groups -OCH3 is 2. The summed E-state index contributed by atoms with van der Waals surface area (Å²) in [4.78, 5) is 8.60. The zero-order chi connectivity index (χ0) is 17.7. The molecule has 0 amide bonds. The lowest BCUT2D eigenvalue weighted by molar-refractivity contribution is -0.0493. The Bertz CT molecular complexity index is 681. The van der Waals surface area contributed by atoms with Crippen molar-refractivity contribution in [3.63, 3.8) is 0 Å². The van der Waals surface area contributed by atoms with Crippen molar-refractivity contribution in [1.82, 2.24) is 9.97 Å². The Morgan fingerprint density at radius 2 is 1.75 bits per heavy atom. The molecule has 130 valence electrons. The molecule has 1 atom stereocenters. The predicted octanol–water partition coefficient (Wildman–Crippen LogP) is 3.13. The van der Waals surface area contributed by atoms with Gasteiger partial charge in [0.15, 0.2) is 5.82 Å². The molecule has 2 N–H and O–H groups in total. The number of hydrogen-bond acceptors (Lipinski definition) is 7. The average molecular weight is 357 g/mol. The quantitative estimate of drug-likeness (QED) is 0.763. The highest BCUT2D eigenvalue weighted by Crippen LogP contribution is 2.40. The van der Waals surface area contributed by atoms with E-state index in [0.29, 0.717) is 23.1 Å². The molecule has 0 saturated carbocycles. The minimum atomic E-state index is -2.96. The van der Waals surface area contributed by atoms with Crippen molar-refractivity contribution in [2.45, 2.75) is 11.9 Å². The molecule has 1 aromatic carbocycles. The lowest BCUT2D eigenvalue weighted by atomic mass is 10.1. The lowest BCUT2D eigenvalue weighted by Gasteiger charge is -2.18. The predicted molar refractivity (Wildman–Crippen MR) is 88.0 cm³/mol. The first-order chi connectivity index (χ1) is 11.5. The highest BCUT2D eigenvalue weighted by Gasteiger charge is 2.23. The van der Waals surface area contributed by atoms with Gasteiger partial charge < -0.3 is 19.9 Å². The molecular formula is C15H17F2N3O3S. The van der Waals surface area contributed by atoms with Gasteiger partial charge in [-0.2, -0.15) is 18.7 Å². The summed E-state index contributed by atoms with van der Waals surface area (Å²) in [7, 11) is 2.95. The lowest BCUT2D eigenvalue weighted by Crippen LogP contribution is -2.10. The van der Waals surface area contributed by atoms with Crippen LogP contribution in [0.15, 0.2) is 24.3 Å². The molecule has 0 aliphatic rings. The van der Waals surface area contributed by atoms with Crippen molar-refractivity contribution in [2.75, 3.05) is 26.2 Å². The fraction of sp³-hybridized carbons (Fsp3) is 0.333. The number of aromatic nitrogens is 2. The Morgan fingerprint density at radius 1 is 1.12 bits per heavy atom. The molecule has 0 aliphatic carbocycles. The van der Waals surface area contributed by atoms with E-state index in [9.17, 15) is 8.78 Å². The second kappa shape index (κ2) is 8.00. The van der Waals surface area contributed by atoms with Crippen LogP contribution in [0, 0.1) is 0 Å². The van der Waals surface area contributed by atoms with Crippen molar-refractivity contribution in [3.8, 4) is 17.5 Å². The van der Waals surface area contributed by atoms with Crippen LogP contribution in [0.5, 0.6) is 17.5 Å². The van der Waals surface area contributed by atoms with E-state index < -0.39 is 11.9 Å². The molecule has 2 rings (SSSR count). The molecular weight excluding hydrogens is 340 g/mol. The van der Waals surface area contributed by atoms with Gasteiger partial charge in [-0.1, -0.05) is 12.1 Å². The molecule has 0 saturated heterocycles. The van der Waals surface area contributed by atoms with Crippen LogP contribution in [-0.4, -0.2) is 37.1 Å². The van der Waals surface area contributed by atoms with Crippen LogP contribution in [0.25, 0.3) is 0 Å². The Morgan fingerprint density at radius 3 is 2.25 bits per heavy atom. The van der Waals surface area contributed by atoms with Crippen LogP contribution in [0.2, 0.25) is 0 Å². The molecule has 0 spiro atoms. The number of nitrogen functional groups attached to an aromatic ring is 1. The first-order valence-electron chi connectivity index (χ1n) is 6.83. The Labute approximate surface area is 142 Å². The molecule has 1 unspecified atom stereocenters. The van der Waals surface area contributed by atoms with E-state index in [1.807, 2.05) is 6.26 Å². The second-order valence-electron chi connectivity index (χ2n) is 4.56. The minimum Gasteiger partial charge on any atom is -0.481 e. The summed E-state index contributed by atoms with van der Waals surface area (Å²) in [6.07, 6.45) is 1.83. The number of benzene rings is 1. The Kier molecular flexibility index (Phi) is 6.02. The number of anilines is 1. The van der Waals surface area contributed by atoms with Crippen molar-refractivity contribution in [1.29, 1.82) is 0 Å². The number of halogens is 2. The normalized spacial score (nSPS) is 12.1. The van der Waals surface area contributed by atoms with Crippen LogP contribution in [0.4, 0.5) is 14.5 Å². The maximum Gasteiger partial charge on any atom is 0.387 e. The van der Waals surface area contributed by atoms with Crippen molar-refractivity contribution >= 4 is 17.4 Å². The zero-order valence-corrected chi connectivity index (χ0v) is 14.1. The van der Waals surface area contributed by atoms with Crippen LogP contribution in [0.3, 0.4) is 0 Å². The van der Waals surface area contributed by atoms with E-state index in [2.05, 4.69) is 14.7 Å². The number of hydrogen-bond donors (Lipinski definition) is 1. The summed E-state index contributed by atoms with van der Waals surface area (Å²) in [5.74, 6) is 0.958. The summed E-state index contributed by atoms with van der Waals surface area (Å²) < 4.78 is 39.7. The number of rotatable bonds is 7. The van der Waals surface area contributed by atoms with Gasteiger partial charge in [0, 0.05) is 0 Å². The van der Waals surface area contributed by atoms with Gasteiger partial charge in [0.05, 0.1) is 31.2 Å². The molecule has 0 aliphatic heterocycles. The van der Waals surface area contributed by atoms with Crippen LogP contribution < -0.4 is 19.9 Å². The molecule has 2 aromatic rings. The standard InChI is InChI=1S/C15H17F2N3O3S/c1-21-10-7-11(22-2)20-14(19-10)13(24-3)8-5-4-6-9(12(8)18)23-15(16)17/h4-7,13,15H,18H2,1-3H3. The van der Waals surface area contributed by atoms with Crippen molar-refractivity contribution < 1.29 is 23.0 Å². The van der Waals surface area contributed by atoms with Crippen molar-refractivity contribution in [3.05, 3.63) is 35.7 Å².